The van der Waals surface area contributed by atoms with Crippen LogP contribution >= 0.6 is 11.8 Å². The maximum absolute atomic E-state index is 12.7. The molecule has 0 aliphatic carbocycles. The first-order valence-electron chi connectivity index (χ1n) is 8.67. The second-order valence-electron chi connectivity index (χ2n) is 6.48. The fourth-order valence-corrected chi connectivity index (χ4v) is 4.42. The first-order valence-corrected chi connectivity index (χ1v) is 9.83. The normalized spacial score (nSPS) is 15.8. The van der Waals surface area contributed by atoms with Gasteiger partial charge in [0, 0.05) is 18.5 Å². The van der Waals surface area contributed by atoms with Gasteiger partial charge in [0.05, 0.1) is 12.0 Å². The Hall–Kier alpha value is -2.14. The van der Waals surface area contributed by atoms with Crippen molar-refractivity contribution in [2.75, 3.05) is 18.8 Å². The maximum atomic E-state index is 12.7. The highest BCUT2D eigenvalue weighted by atomic mass is 32.2. The molecule has 3 heterocycles. The number of furan rings is 2. The first-order chi connectivity index (χ1) is 12.3. The van der Waals surface area contributed by atoms with E-state index in [-0.39, 0.29) is 5.91 Å². The van der Waals surface area contributed by atoms with Gasteiger partial charge in [0.2, 0.25) is 0 Å². The summed E-state index contributed by atoms with van der Waals surface area (Å²) in [5.74, 6) is 4.20. The molecule has 3 aromatic rings. The van der Waals surface area contributed by atoms with Crippen LogP contribution in [0.25, 0.3) is 11.0 Å². The molecule has 0 radical (unpaired) electrons. The maximum Gasteiger partial charge on any atom is 0.289 e. The number of likely N-dealkylation sites (tertiary alicyclic amines) is 1. The van der Waals surface area contributed by atoms with Crippen molar-refractivity contribution in [3.8, 4) is 0 Å². The standard InChI is InChI=1S/C20H21NO3S/c22-20(19-12-16-4-1-2-6-18(16)24-19)21-9-7-15(8-10-21)13-25-14-17-5-3-11-23-17/h1-6,11-12,15H,7-10,13-14H2. The molecule has 25 heavy (non-hydrogen) atoms. The highest BCUT2D eigenvalue weighted by Crippen LogP contribution is 2.26. The van der Waals surface area contributed by atoms with Crippen LogP contribution in [0.5, 0.6) is 0 Å². The lowest BCUT2D eigenvalue weighted by Gasteiger charge is -2.31. The van der Waals surface area contributed by atoms with E-state index in [2.05, 4.69) is 0 Å². The number of piperidine rings is 1. The molecule has 4 nitrogen and oxygen atoms in total. The van der Waals surface area contributed by atoms with Crippen molar-refractivity contribution in [2.45, 2.75) is 18.6 Å². The van der Waals surface area contributed by atoms with E-state index in [4.69, 9.17) is 8.83 Å². The fraction of sp³-hybridized carbons (Fsp3) is 0.350. The topological polar surface area (TPSA) is 46.6 Å². The molecule has 1 amide bonds. The van der Waals surface area contributed by atoms with Gasteiger partial charge in [0.25, 0.3) is 5.91 Å². The zero-order valence-electron chi connectivity index (χ0n) is 14.0. The van der Waals surface area contributed by atoms with E-state index < -0.39 is 0 Å². The van der Waals surface area contributed by atoms with Crippen molar-refractivity contribution in [2.24, 2.45) is 5.92 Å². The average molecular weight is 355 g/mol. The third kappa shape index (κ3) is 3.76. The number of hydrogen-bond acceptors (Lipinski definition) is 4. The van der Waals surface area contributed by atoms with Crippen LogP contribution < -0.4 is 0 Å². The summed E-state index contributed by atoms with van der Waals surface area (Å²) in [7, 11) is 0. The summed E-state index contributed by atoms with van der Waals surface area (Å²) in [5, 5.41) is 0.982. The number of carbonyl (C=O) groups is 1. The van der Waals surface area contributed by atoms with E-state index >= 15 is 0 Å². The van der Waals surface area contributed by atoms with Gasteiger partial charge < -0.3 is 13.7 Å². The van der Waals surface area contributed by atoms with E-state index in [1.54, 1.807) is 6.26 Å². The van der Waals surface area contributed by atoms with Crippen molar-refractivity contribution >= 4 is 28.6 Å². The van der Waals surface area contributed by atoms with Crippen LogP contribution in [0.15, 0.2) is 57.6 Å². The Morgan fingerprint density at radius 2 is 2.00 bits per heavy atom. The quantitative estimate of drug-likeness (QED) is 0.659. The van der Waals surface area contributed by atoms with Gasteiger partial charge >= 0.3 is 0 Å². The van der Waals surface area contributed by atoms with Crippen LogP contribution in [0.4, 0.5) is 0 Å². The molecule has 0 unspecified atom stereocenters. The predicted octanol–water partition coefficient (Wildman–Crippen LogP) is 4.81. The number of hydrogen-bond donors (Lipinski definition) is 0. The first kappa shape index (κ1) is 16.3. The highest BCUT2D eigenvalue weighted by molar-refractivity contribution is 7.98. The van der Waals surface area contributed by atoms with Crippen LogP contribution in [-0.2, 0) is 5.75 Å². The molecule has 0 spiro atoms. The summed E-state index contributed by atoms with van der Waals surface area (Å²) in [5.41, 5.74) is 0.773. The van der Waals surface area contributed by atoms with Gasteiger partial charge in [-0.15, -0.1) is 0 Å². The van der Waals surface area contributed by atoms with Gasteiger partial charge in [-0.2, -0.15) is 11.8 Å². The zero-order valence-corrected chi connectivity index (χ0v) is 14.8. The lowest BCUT2D eigenvalue weighted by atomic mass is 9.99. The summed E-state index contributed by atoms with van der Waals surface area (Å²) in [6, 6.07) is 13.5. The van der Waals surface area contributed by atoms with E-state index in [1.165, 1.54) is 0 Å². The molecule has 0 saturated carbocycles. The van der Waals surface area contributed by atoms with E-state index in [0.29, 0.717) is 11.7 Å². The molecular formula is C20H21NO3S. The molecule has 1 aliphatic heterocycles. The number of fused-ring (bicyclic) bond motifs is 1. The number of amides is 1. The van der Waals surface area contributed by atoms with Gasteiger partial charge in [-0.3, -0.25) is 4.79 Å². The second kappa shape index (κ2) is 7.40. The van der Waals surface area contributed by atoms with Crippen molar-refractivity contribution < 1.29 is 13.6 Å². The van der Waals surface area contributed by atoms with Crippen molar-refractivity contribution in [1.82, 2.24) is 4.90 Å². The number of thioether (sulfide) groups is 1. The summed E-state index contributed by atoms with van der Waals surface area (Å²) in [6.07, 6.45) is 3.83. The molecule has 0 bridgehead atoms. The van der Waals surface area contributed by atoms with Crippen molar-refractivity contribution in [3.05, 3.63) is 60.2 Å². The van der Waals surface area contributed by atoms with Gasteiger partial charge in [-0.25, -0.2) is 0 Å². The van der Waals surface area contributed by atoms with Crippen LogP contribution in [0, 0.1) is 5.92 Å². The van der Waals surface area contributed by atoms with Gasteiger partial charge in [0.1, 0.15) is 11.3 Å². The third-order valence-corrected chi connectivity index (χ3v) is 5.91. The van der Waals surface area contributed by atoms with Gasteiger partial charge in [-0.05, 0) is 48.8 Å². The minimum Gasteiger partial charge on any atom is -0.468 e. The minimum atomic E-state index is 0.0119. The second-order valence-corrected chi connectivity index (χ2v) is 7.51. The monoisotopic (exact) mass is 355 g/mol. The van der Waals surface area contributed by atoms with Crippen LogP contribution in [0.3, 0.4) is 0 Å². The Kier molecular flexibility index (Phi) is 4.83. The lowest BCUT2D eigenvalue weighted by molar-refractivity contribution is 0.0669. The van der Waals surface area contributed by atoms with Crippen molar-refractivity contribution in [1.29, 1.82) is 0 Å². The summed E-state index contributed by atoms with van der Waals surface area (Å²) < 4.78 is 11.1. The zero-order chi connectivity index (χ0) is 17.1. The van der Waals surface area contributed by atoms with Gasteiger partial charge in [-0.1, -0.05) is 18.2 Å². The predicted molar refractivity (Wildman–Crippen MR) is 99.7 cm³/mol. The average Bonchev–Trinajstić information content (AvgIpc) is 3.31. The molecule has 1 aliphatic rings. The summed E-state index contributed by atoms with van der Waals surface area (Å²) >= 11 is 1.91. The Balaban J connectivity index is 1.28. The lowest BCUT2D eigenvalue weighted by Crippen LogP contribution is -2.38. The molecule has 1 saturated heterocycles. The molecule has 1 fully saturated rings. The number of carbonyl (C=O) groups excluding carboxylic acids is 1. The summed E-state index contributed by atoms with van der Waals surface area (Å²) in [6.45, 7) is 1.61. The Morgan fingerprint density at radius 1 is 1.16 bits per heavy atom. The molecular weight excluding hydrogens is 334 g/mol. The Labute approximate surface area is 151 Å². The number of benzene rings is 1. The Morgan fingerprint density at radius 3 is 2.76 bits per heavy atom. The van der Waals surface area contributed by atoms with E-state index in [9.17, 15) is 4.79 Å². The molecule has 0 atom stereocenters. The highest BCUT2D eigenvalue weighted by Gasteiger charge is 2.25. The van der Waals surface area contributed by atoms with E-state index in [1.807, 2.05) is 59.1 Å². The largest absolute Gasteiger partial charge is 0.468 e. The fourth-order valence-electron chi connectivity index (χ4n) is 3.27. The molecule has 0 N–H and O–H groups in total. The van der Waals surface area contributed by atoms with Crippen LogP contribution in [-0.4, -0.2) is 29.6 Å². The van der Waals surface area contributed by atoms with Gasteiger partial charge in [0.15, 0.2) is 5.76 Å². The SMILES string of the molecule is O=C(c1cc2ccccc2o1)N1CCC(CSCc2ccco2)CC1. The minimum absolute atomic E-state index is 0.0119. The molecule has 4 rings (SSSR count). The molecule has 1 aromatic carbocycles. The van der Waals surface area contributed by atoms with Crippen LogP contribution in [0.1, 0.15) is 29.2 Å². The number of nitrogens with zero attached hydrogens (tertiary/aromatic N) is 1. The smallest absolute Gasteiger partial charge is 0.289 e. The molecule has 130 valence electrons. The van der Waals surface area contributed by atoms with Crippen molar-refractivity contribution in [3.63, 3.8) is 0 Å². The third-order valence-electron chi connectivity index (χ3n) is 4.72. The number of para-hydroxylation sites is 1. The number of rotatable bonds is 5. The molecule has 5 heteroatoms. The summed E-state index contributed by atoms with van der Waals surface area (Å²) in [4.78, 5) is 14.6. The Bertz CT molecular complexity index is 799. The van der Waals surface area contributed by atoms with Crippen LogP contribution in [0.2, 0.25) is 0 Å². The van der Waals surface area contributed by atoms with E-state index in [0.717, 1.165) is 54.2 Å². The molecule has 2 aromatic heterocycles.